The number of nitrogens with one attached hydrogen (secondary N) is 2. The molecule has 10 heteroatoms. The first-order valence-electron chi connectivity index (χ1n) is 11.1. The molecule has 0 unspecified atom stereocenters. The van der Waals surface area contributed by atoms with Gasteiger partial charge in [-0.15, -0.1) is 24.0 Å². The highest BCUT2D eigenvalue weighted by Gasteiger charge is 2.24. The van der Waals surface area contributed by atoms with E-state index in [1.165, 1.54) is 10.5 Å². The molecule has 1 heterocycles. The quantitative estimate of drug-likeness (QED) is 0.281. The molecular formula is C23H38IN5O4. The number of amides is 2. The van der Waals surface area contributed by atoms with Crippen LogP contribution in [0.5, 0.6) is 5.75 Å². The topological polar surface area (TPSA) is 95.5 Å². The summed E-state index contributed by atoms with van der Waals surface area (Å²) in [5.74, 6) is 1.39. The minimum Gasteiger partial charge on any atom is -0.496 e. The van der Waals surface area contributed by atoms with Gasteiger partial charge in [0.05, 0.1) is 13.7 Å². The summed E-state index contributed by atoms with van der Waals surface area (Å²) in [6.45, 7) is 6.20. The highest BCUT2D eigenvalue weighted by atomic mass is 127. The van der Waals surface area contributed by atoms with Gasteiger partial charge in [0.1, 0.15) is 12.3 Å². The maximum atomic E-state index is 12.0. The number of carbonyl (C=O) groups is 2. The van der Waals surface area contributed by atoms with Crippen LogP contribution >= 0.6 is 24.0 Å². The third-order valence-electron chi connectivity index (χ3n) is 5.36. The first-order valence-corrected chi connectivity index (χ1v) is 11.1. The predicted octanol–water partition coefficient (Wildman–Crippen LogP) is 2.41. The van der Waals surface area contributed by atoms with Crippen LogP contribution < -0.4 is 15.4 Å². The van der Waals surface area contributed by atoms with E-state index in [-0.39, 0.29) is 48.6 Å². The van der Waals surface area contributed by atoms with E-state index in [2.05, 4.69) is 28.6 Å². The van der Waals surface area contributed by atoms with Gasteiger partial charge in [0.2, 0.25) is 5.91 Å². The van der Waals surface area contributed by atoms with Gasteiger partial charge in [0.25, 0.3) is 0 Å². The molecule has 0 atom stereocenters. The number of piperidine rings is 1. The van der Waals surface area contributed by atoms with Crippen LogP contribution in [0, 0.1) is 6.92 Å². The van der Waals surface area contributed by atoms with Crippen molar-refractivity contribution >= 4 is 41.9 Å². The number of nitrogens with zero attached hydrogens (tertiary/aromatic N) is 3. The summed E-state index contributed by atoms with van der Waals surface area (Å²) in [4.78, 5) is 31.7. The Kier molecular flexibility index (Phi) is 12.9. The first kappa shape index (κ1) is 28.8. The molecule has 1 aliphatic rings. The molecule has 0 saturated carbocycles. The highest BCUT2D eigenvalue weighted by Crippen LogP contribution is 2.19. The van der Waals surface area contributed by atoms with E-state index in [9.17, 15) is 9.59 Å². The molecule has 186 valence electrons. The van der Waals surface area contributed by atoms with Crippen molar-refractivity contribution < 1.29 is 19.1 Å². The van der Waals surface area contributed by atoms with Crippen molar-refractivity contribution in [2.45, 2.75) is 39.2 Å². The van der Waals surface area contributed by atoms with Crippen LogP contribution in [-0.2, 0) is 16.0 Å². The number of guanidine groups is 1. The molecule has 0 bridgehead atoms. The van der Waals surface area contributed by atoms with Gasteiger partial charge in [-0.25, -0.2) is 9.79 Å². The van der Waals surface area contributed by atoms with Crippen molar-refractivity contribution in [2.24, 2.45) is 4.99 Å². The van der Waals surface area contributed by atoms with Crippen molar-refractivity contribution in [3.05, 3.63) is 29.3 Å². The Morgan fingerprint density at radius 1 is 1.24 bits per heavy atom. The summed E-state index contributed by atoms with van der Waals surface area (Å²) in [6, 6.07) is 6.28. The van der Waals surface area contributed by atoms with Crippen LogP contribution in [0.25, 0.3) is 0 Å². The number of methoxy groups -OCH3 is 1. The molecular weight excluding hydrogens is 537 g/mol. The number of hydrogen-bond acceptors (Lipinski definition) is 5. The number of aryl methyl sites for hydroxylation is 1. The van der Waals surface area contributed by atoms with E-state index in [0.717, 1.165) is 30.6 Å². The zero-order valence-electron chi connectivity index (χ0n) is 20.3. The summed E-state index contributed by atoms with van der Waals surface area (Å²) in [6.07, 6.45) is 2.07. The number of carbonyl (C=O) groups excluding carboxylic acids is 2. The maximum absolute atomic E-state index is 12.0. The molecule has 2 amide bonds. The van der Waals surface area contributed by atoms with Crippen molar-refractivity contribution in [2.75, 3.05) is 54.0 Å². The second kappa shape index (κ2) is 14.8. The molecule has 1 aromatic rings. The predicted molar refractivity (Wildman–Crippen MR) is 141 cm³/mol. The van der Waals surface area contributed by atoms with Crippen molar-refractivity contribution in [3.8, 4) is 5.75 Å². The molecule has 0 radical (unpaired) electrons. The summed E-state index contributed by atoms with van der Waals surface area (Å²) in [7, 11) is 5.10. The van der Waals surface area contributed by atoms with Gasteiger partial charge in [-0.1, -0.05) is 17.7 Å². The molecule has 2 N–H and O–H groups in total. The van der Waals surface area contributed by atoms with Gasteiger partial charge in [0, 0.05) is 39.8 Å². The molecule has 1 aromatic carbocycles. The van der Waals surface area contributed by atoms with Gasteiger partial charge < -0.3 is 29.9 Å². The SMILES string of the molecule is CCOC(=O)N1CCC(NC(=NCC(=O)N(C)C)NCCc2cc(C)ccc2OC)CC1.I. The van der Waals surface area contributed by atoms with Gasteiger partial charge >= 0.3 is 6.09 Å². The summed E-state index contributed by atoms with van der Waals surface area (Å²) >= 11 is 0. The normalized spacial score (nSPS) is 14.2. The monoisotopic (exact) mass is 575 g/mol. The van der Waals surface area contributed by atoms with Crippen LogP contribution in [-0.4, -0.2) is 87.8 Å². The zero-order valence-corrected chi connectivity index (χ0v) is 22.7. The third kappa shape index (κ3) is 9.65. The zero-order chi connectivity index (χ0) is 23.5. The number of likely N-dealkylation sites (tertiary alicyclic amines) is 1. The smallest absolute Gasteiger partial charge is 0.409 e. The average Bonchev–Trinajstić information content (AvgIpc) is 2.77. The molecule has 0 spiro atoms. The molecule has 2 rings (SSSR count). The van der Waals surface area contributed by atoms with Gasteiger partial charge in [-0.2, -0.15) is 0 Å². The van der Waals surface area contributed by atoms with E-state index < -0.39 is 0 Å². The van der Waals surface area contributed by atoms with Gasteiger partial charge in [0.15, 0.2) is 5.96 Å². The second-order valence-corrected chi connectivity index (χ2v) is 8.05. The van der Waals surface area contributed by atoms with E-state index in [0.29, 0.717) is 32.2 Å². The van der Waals surface area contributed by atoms with E-state index in [4.69, 9.17) is 9.47 Å². The molecule has 1 fully saturated rings. The van der Waals surface area contributed by atoms with Crippen molar-refractivity contribution in [1.29, 1.82) is 0 Å². The number of benzene rings is 1. The van der Waals surface area contributed by atoms with Crippen LogP contribution in [0.1, 0.15) is 30.9 Å². The van der Waals surface area contributed by atoms with E-state index >= 15 is 0 Å². The van der Waals surface area contributed by atoms with Crippen molar-refractivity contribution in [1.82, 2.24) is 20.4 Å². The molecule has 33 heavy (non-hydrogen) atoms. The molecule has 1 aliphatic heterocycles. The Balaban J connectivity index is 0.00000544. The lowest BCUT2D eigenvalue weighted by atomic mass is 10.1. The Bertz CT molecular complexity index is 795. The fraction of sp³-hybridized carbons (Fsp3) is 0.609. The largest absolute Gasteiger partial charge is 0.496 e. The Labute approximate surface area is 214 Å². The van der Waals surface area contributed by atoms with Crippen LogP contribution in [0.15, 0.2) is 23.2 Å². The summed E-state index contributed by atoms with van der Waals surface area (Å²) in [5, 5.41) is 6.77. The van der Waals surface area contributed by atoms with Crippen LogP contribution in [0.4, 0.5) is 4.79 Å². The Hall–Kier alpha value is -2.24. The number of ether oxygens (including phenoxy) is 2. The number of hydrogen-bond donors (Lipinski definition) is 2. The fourth-order valence-electron chi connectivity index (χ4n) is 3.47. The average molecular weight is 575 g/mol. The number of likely N-dealkylation sites (N-methyl/N-ethyl adjacent to an activating group) is 1. The first-order chi connectivity index (χ1) is 15.3. The molecule has 1 saturated heterocycles. The van der Waals surface area contributed by atoms with Crippen LogP contribution in [0.3, 0.4) is 0 Å². The molecule has 9 nitrogen and oxygen atoms in total. The summed E-state index contributed by atoms with van der Waals surface area (Å²) < 4.78 is 10.6. The van der Waals surface area contributed by atoms with E-state index in [1.54, 1.807) is 26.1 Å². The Morgan fingerprint density at radius 2 is 1.94 bits per heavy atom. The van der Waals surface area contributed by atoms with Gasteiger partial charge in [-0.05, 0) is 44.7 Å². The number of aliphatic imine (C=N–C) groups is 1. The van der Waals surface area contributed by atoms with Gasteiger partial charge in [-0.3, -0.25) is 4.79 Å². The minimum atomic E-state index is -0.262. The maximum Gasteiger partial charge on any atom is 0.409 e. The second-order valence-electron chi connectivity index (χ2n) is 8.05. The van der Waals surface area contributed by atoms with Crippen molar-refractivity contribution in [3.63, 3.8) is 0 Å². The third-order valence-corrected chi connectivity index (χ3v) is 5.36. The van der Waals surface area contributed by atoms with E-state index in [1.807, 2.05) is 19.1 Å². The highest BCUT2D eigenvalue weighted by molar-refractivity contribution is 14.0. The summed E-state index contributed by atoms with van der Waals surface area (Å²) in [5.41, 5.74) is 2.30. The lowest BCUT2D eigenvalue weighted by molar-refractivity contribution is -0.127. The molecule has 0 aliphatic carbocycles. The number of rotatable bonds is 8. The standard InChI is InChI=1S/C23H37N5O4.HI/c1-6-32-23(30)28-13-10-19(11-14-28)26-22(25-16-21(29)27(3)4)24-12-9-18-15-17(2)7-8-20(18)31-5;/h7-8,15,19H,6,9-14,16H2,1-5H3,(H2,24,25,26);1H. The number of halogens is 1. The van der Waals surface area contributed by atoms with Crippen LogP contribution in [0.2, 0.25) is 0 Å². The Morgan fingerprint density at radius 3 is 2.55 bits per heavy atom. The lowest BCUT2D eigenvalue weighted by Crippen LogP contribution is -2.50. The minimum absolute atomic E-state index is 0. The lowest BCUT2D eigenvalue weighted by Gasteiger charge is -2.32. The molecule has 0 aromatic heterocycles. The fourth-order valence-corrected chi connectivity index (χ4v) is 3.47.